The van der Waals surface area contributed by atoms with Gasteiger partial charge in [0.05, 0.1) is 0 Å². The lowest BCUT2D eigenvalue weighted by Gasteiger charge is -2.29. The van der Waals surface area contributed by atoms with E-state index in [0.29, 0.717) is 23.4 Å². The topological polar surface area (TPSA) is 12.0 Å². The summed E-state index contributed by atoms with van der Waals surface area (Å²) in [5, 5.41) is 6.01. The molecule has 1 aliphatic rings. The summed E-state index contributed by atoms with van der Waals surface area (Å²) in [6.07, 6.45) is 2.77. The van der Waals surface area contributed by atoms with Crippen LogP contribution in [0, 0.1) is 11.3 Å². The first-order valence-corrected chi connectivity index (χ1v) is 7.20. The lowest BCUT2D eigenvalue weighted by Crippen LogP contribution is -2.38. The van der Waals surface area contributed by atoms with Gasteiger partial charge in [0, 0.05) is 17.0 Å². The van der Waals surface area contributed by atoms with Crippen molar-refractivity contribution in [2.45, 2.75) is 52.6 Å². The predicted molar refractivity (Wildman–Crippen MR) is 71.8 cm³/mol. The monoisotopic (exact) mass is 237 g/mol. The van der Waals surface area contributed by atoms with E-state index in [1.54, 1.807) is 0 Å². The molecule has 0 aliphatic heterocycles. The molecule has 2 atom stereocenters. The number of rotatable bonds is 5. The standard InChI is InChI=1S/C14H23NS/c1-10(2)13(12-6-5-9-16-12)15-11(3)14(4)7-8-14/h5-6,9-11,13,15H,7-8H2,1-4H3. The highest BCUT2D eigenvalue weighted by Gasteiger charge is 2.43. The molecule has 0 amide bonds. The molecule has 1 fully saturated rings. The van der Waals surface area contributed by atoms with Crippen LogP contribution in [0.3, 0.4) is 0 Å². The van der Waals surface area contributed by atoms with Crippen LogP contribution >= 0.6 is 11.3 Å². The Morgan fingerprint density at radius 2 is 2.00 bits per heavy atom. The molecule has 1 aromatic heterocycles. The van der Waals surface area contributed by atoms with Gasteiger partial charge in [-0.3, -0.25) is 0 Å². The summed E-state index contributed by atoms with van der Waals surface area (Å²) < 4.78 is 0. The highest BCUT2D eigenvalue weighted by atomic mass is 32.1. The maximum Gasteiger partial charge on any atom is 0.0440 e. The van der Waals surface area contributed by atoms with Crippen molar-refractivity contribution in [3.05, 3.63) is 22.4 Å². The van der Waals surface area contributed by atoms with E-state index < -0.39 is 0 Å². The minimum atomic E-state index is 0.521. The molecule has 0 saturated heterocycles. The third-order valence-corrected chi connectivity index (χ3v) is 4.99. The minimum absolute atomic E-state index is 0.521. The molecule has 16 heavy (non-hydrogen) atoms. The van der Waals surface area contributed by atoms with Crippen LogP contribution in [0.1, 0.15) is 51.5 Å². The molecule has 1 N–H and O–H groups in total. The van der Waals surface area contributed by atoms with E-state index in [1.165, 1.54) is 17.7 Å². The fourth-order valence-electron chi connectivity index (χ4n) is 2.17. The summed E-state index contributed by atoms with van der Waals surface area (Å²) in [5.74, 6) is 0.656. The minimum Gasteiger partial charge on any atom is -0.306 e. The van der Waals surface area contributed by atoms with Crippen molar-refractivity contribution in [1.82, 2.24) is 5.32 Å². The lowest BCUT2D eigenvalue weighted by molar-refractivity contribution is 0.302. The lowest BCUT2D eigenvalue weighted by atomic mass is 9.96. The summed E-state index contributed by atoms with van der Waals surface area (Å²) in [5.41, 5.74) is 0.560. The Balaban J connectivity index is 2.03. The Bertz CT molecular complexity index is 325. The Kier molecular flexibility index (Phi) is 3.41. The average Bonchev–Trinajstić information content (AvgIpc) is 2.80. The van der Waals surface area contributed by atoms with Gasteiger partial charge in [-0.05, 0) is 42.5 Å². The first-order chi connectivity index (χ1) is 7.53. The Morgan fingerprint density at radius 1 is 1.31 bits per heavy atom. The molecule has 2 rings (SSSR count). The van der Waals surface area contributed by atoms with Gasteiger partial charge in [0.1, 0.15) is 0 Å². The highest BCUT2D eigenvalue weighted by Crippen LogP contribution is 2.48. The largest absolute Gasteiger partial charge is 0.306 e. The molecular formula is C14H23NS. The second kappa shape index (κ2) is 4.50. The quantitative estimate of drug-likeness (QED) is 0.808. The Hall–Kier alpha value is -0.340. The zero-order chi connectivity index (χ0) is 11.8. The maximum absolute atomic E-state index is 3.83. The zero-order valence-corrected chi connectivity index (χ0v) is 11.6. The molecule has 0 aromatic carbocycles. The van der Waals surface area contributed by atoms with Crippen molar-refractivity contribution in [2.24, 2.45) is 11.3 Å². The first kappa shape index (κ1) is 12.1. The van der Waals surface area contributed by atoms with Gasteiger partial charge in [0.2, 0.25) is 0 Å². The van der Waals surface area contributed by atoms with Gasteiger partial charge in [-0.25, -0.2) is 0 Å². The molecule has 1 heterocycles. The summed E-state index contributed by atoms with van der Waals surface area (Å²) in [6.45, 7) is 9.35. The fraction of sp³-hybridized carbons (Fsp3) is 0.714. The van der Waals surface area contributed by atoms with Crippen LogP contribution in [0.2, 0.25) is 0 Å². The van der Waals surface area contributed by atoms with Crippen molar-refractivity contribution in [1.29, 1.82) is 0 Å². The third kappa shape index (κ3) is 2.49. The zero-order valence-electron chi connectivity index (χ0n) is 10.8. The average molecular weight is 237 g/mol. The Morgan fingerprint density at radius 3 is 2.44 bits per heavy atom. The van der Waals surface area contributed by atoms with Crippen LogP contribution < -0.4 is 5.32 Å². The fourth-order valence-corrected chi connectivity index (χ4v) is 3.13. The van der Waals surface area contributed by atoms with E-state index in [9.17, 15) is 0 Å². The summed E-state index contributed by atoms with van der Waals surface area (Å²) in [6, 6.07) is 5.56. The van der Waals surface area contributed by atoms with Crippen LogP contribution in [-0.2, 0) is 0 Å². The van der Waals surface area contributed by atoms with E-state index in [-0.39, 0.29) is 0 Å². The van der Waals surface area contributed by atoms with Gasteiger partial charge >= 0.3 is 0 Å². The molecule has 1 nitrogen and oxygen atoms in total. The number of hydrogen-bond donors (Lipinski definition) is 1. The van der Waals surface area contributed by atoms with E-state index in [2.05, 4.69) is 50.5 Å². The van der Waals surface area contributed by atoms with Crippen molar-refractivity contribution in [3.8, 4) is 0 Å². The number of nitrogens with one attached hydrogen (secondary N) is 1. The van der Waals surface area contributed by atoms with Gasteiger partial charge in [-0.15, -0.1) is 11.3 Å². The molecule has 0 spiro atoms. The van der Waals surface area contributed by atoms with E-state index in [4.69, 9.17) is 0 Å². The van der Waals surface area contributed by atoms with E-state index in [0.717, 1.165) is 0 Å². The van der Waals surface area contributed by atoms with Crippen LogP contribution in [0.25, 0.3) is 0 Å². The highest BCUT2D eigenvalue weighted by molar-refractivity contribution is 7.10. The second-order valence-electron chi connectivity index (χ2n) is 5.78. The Labute approximate surface area is 103 Å². The molecule has 90 valence electrons. The molecule has 1 aliphatic carbocycles. The summed E-state index contributed by atoms with van der Waals surface area (Å²) >= 11 is 1.87. The molecule has 0 radical (unpaired) electrons. The second-order valence-corrected chi connectivity index (χ2v) is 6.76. The van der Waals surface area contributed by atoms with Crippen molar-refractivity contribution in [2.75, 3.05) is 0 Å². The number of hydrogen-bond acceptors (Lipinski definition) is 2. The SMILES string of the molecule is CC(C)C(NC(C)C1(C)CC1)c1cccs1. The summed E-state index contributed by atoms with van der Waals surface area (Å²) in [4.78, 5) is 1.48. The third-order valence-electron chi connectivity index (χ3n) is 4.03. The van der Waals surface area contributed by atoms with Crippen molar-refractivity contribution in [3.63, 3.8) is 0 Å². The molecule has 2 heteroatoms. The van der Waals surface area contributed by atoms with E-state index >= 15 is 0 Å². The number of thiophene rings is 1. The maximum atomic E-state index is 3.83. The normalized spacial score (nSPS) is 22.1. The molecule has 1 saturated carbocycles. The van der Waals surface area contributed by atoms with Crippen molar-refractivity contribution >= 4 is 11.3 Å². The van der Waals surface area contributed by atoms with Crippen LogP contribution in [-0.4, -0.2) is 6.04 Å². The van der Waals surface area contributed by atoms with Crippen LogP contribution in [0.5, 0.6) is 0 Å². The van der Waals surface area contributed by atoms with Gasteiger partial charge in [-0.2, -0.15) is 0 Å². The summed E-state index contributed by atoms with van der Waals surface area (Å²) in [7, 11) is 0. The van der Waals surface area contributed by atoms with Crippen molar-refractivity contribution < 1.29 is 0 Å². The predicted octanol–water partition coefficient (Wildman–Crippen LogP) is 4.22. The van der Waals surface area contributed by atoms with Crippen LogP contribution in [0.15, 0.2) is 17.5 Å². The molecule has 0 bridgehead atoms. The smallest absolute Gasteiger partial charge is 0.0440 e. The van der Waals surface area contributed by atoms with Gasteiger partial charge in [0.25, 0.3) is 0 Å². The molecular weight excluding hydrogens is 214 g/mol. The first-order valence-electron chi connectivity index (χ1n) is 6.32. The van der Waals surface area contributed by atoms with Gasteiger partial charge in [0.15, 0.2) is 0 Å². The molecule has 1 aromatic rings. The van der Waals surface area contributed by atoms with Crippen LogP contribution in [0.4, 0.5) is 0 Å². The molecule has 2 unspecified atom stereocenters. The van der Waals surface area contributed by atoms with Gasteiger partial charge < -0.3 is 5.32 Å². The van der Waals surface area contributed by atoms with E-state index in [1.807, 2.05) is 11.3 Å². The van der Waals surface area contributed by atoms with Gasteiger partial charge in [-0.1, -0.05) is 26.8 Å².